The highest BCUT2D eigenvalue weighted by molar-refractivity contribution is 8.18. The zero-order valence-electron chi connectivity index (χ0n) is 18.4. The Kier molecular flexibility index (Phi) is 6.71. The van der Waals surface area contributed by atoms with Gasteiger partial charge in [-0.3, -0.25) is 19.3 Å². The number of rotatable bonds is 6. The van der Waals surface area contributed by atoms with Crippen molar-refractivity contribution in [1.29, 1.82) is 0 Å². The Morgan fingerprint density at radius 2 is 1.48 bits per heavy atom. The number of thioether (sulfide) groups is 1. The van der Waals surface area contributed by atoms with Crippen LogP contribution in [0, 0.1) is 0 Å². The van der Waals surface area contributed by atoms with Gasteiger partial charge in [0.05, 0.1) is 11.4 Å². The highest BCUT2D eigenvalue weighted by Gasteiger charge is 2.34. The molecule has 164 valence electrons. The number of carbonyl (C=O) groups excluding carboxylic acids is 3. The lowest BCUT2D eigenvalue weighted by atomic mass is 10.1. The third kappa shape index (κ3) is 5.38. The molecule has 33 heavy (non-hydrogen) atoms. The zero-order valence-corrected chi connectivity index (χ0v) is 19.3. The Bertz CT molecular complexity index is 1330. The highest BCUT2D eigenvalue weighted by atomic mass is 32.2. The molecule has 3 aromatic carbocycles. The summed E-state index contributed by atoms with van der Waals surface area (Å²) in [5.41, 5.74) is 4.38. The van der Waals surface area contributed by atoms with Gasteiger partial charge in [-0.2, -0.15) is 0 Å². The normalized spacial score (nSPS) is 16.2. The fraction of sp³-hybridized carbons (Fsp3) is 0.107. The van der Waals surface area contributed by atoms with Gasteiger partial charge < -0.3 is 0 Å². The Hall–Kier alpha value is -3.70. The van der Waals surface area contributed by atoms with Crippen LogP contribution in [-0.4, -0.2) is 22.3 Å². The van der Waals surface area contributed by atoms with E-state index in [4.69, 9.17) is 0 Å². The van der Waals surface area contributed by atoms with Crippen LogP contribution >= 0.6 is 11.8 Å². The summed E-state index contributed by atoms with van der Waals surface area (Å²) in [5, 5.41) is 1.95. The van der Waals surface area contributed by atoms with Crippen molar-refractivity contribution in [2.24, 2.45) is 0 Å². The molecule has 2 amide bonds. The van der Waals surface area contributed by atoms with Crippen LogP contribution in [0.3, 0.4) is 0 Å². The SMILES string of the molecule is C/C(C=O)=C\c1ccc(/C=C(C)/C=C2\SC(=O)N(Cc3ccc4ccccc4c3)C2=O)cc1. The van der Waals surface area contributed by atoms with Crippen LogP contribution in [0.1, 0.15) is 30.5 Å². The summed E-state index contributed by atoms with van der Waals surface area (Å²) in [6.45, 7) is 3.92. The molecule has 0 saturated carbocycles. The fourth-order valence-electron chi connectivity index (χ4n) is 3.65. The minimum Gasteiger partial charge on any atom is -0.298 e. The second-order valence-corrected chi connectivity index (χ2v) is 9.00. The molecule has 0 spiro atoms. The van der Waals surface area contributed by atoms with Crippen LogP contribution < -0.4 is 0 Å². The number of fused-ring (bicyclic) bond motifs is 1. The molecule has 0 atom stereocenters. The maximum atomic E-state index is 12.9. The van der Waals surface area contributed by atoms with Gasteiger partial charge in [0.15, 0.2) is 0 Å². The number of hydrogen-bond acceptors (Lipinski definition) is 4. The number of hydrogen-bond donors (Lipinski definition) is 0. The lowest BCUT2D eigenvalue weighted by Gasteiger charge is -2.13. The smallest absolute Gasteiger partial charge is 0.293 e. The van der Waals surface area contributed by atoms with Crippen LogP contribution in [-0.2, 0) is 16.1 Å². The van der Waals surface area contributed by atoms with Crippen molar-refractivity contribution in [3.63, 3.8) is 0 Å². The van der Waals surface area contributed by atoms with Crippen molar-refractivity contribution in [3.05, 3.63) is 106 Å². The predicted octanol–water partition coefficient (Wildman–Crippen LogP) is 6.62. The summed E-state index contributed by atoms with van der Waals surface area (Å²) in [4.78, 5) is 37.9. The molecule has 0 aromatic heterocycles. The van der Waals surface area contributed by atoms with Gasteiger partial charge >= 0.3 is 0 Å². The van der Waals surface area contributed by atoms with Gasteiger partial charge in [-0.15, -0.1) is 0 Å². The molecule has 0 unspecified atom stereocenters. The fourth-order valence-corrected chi connectivity index (χ4v) is 4.54. The zero-order chi connectivity index (χ0) is 23.4. The summed E-state index contributed by atoms with van der Waals surface area (Å²) in [7, 11) is 0. The second-order valence-electron chi connectivity index (χ2n) is 8.01. The molecule has 0 aliphatic carbocycles. The summed E-state index contributed by atoms with van der Waals surface area (Å²) in [5.74, 6) is -0.268. The maximum absolute atomic E-state index is 12.9. The monoisotopic (exact) mass is 453 g/mol. The predicted molar refractivity (Wildman–Crippen MR) is 135 cm³/mol. The number of imide groups is 1. The van der Waals surface area contributed by atoms with E-state index < -0.39 is 0 Å². The topological polar surface area (TPSA) is 54.5 Å². The number of amides is 2. The third-order valence-corrected chi connectivity index (χ3v) is 6.21. The van der Waals surface area contributed by atoms with Crippen LogP contribution in [0.5, 0.6) is 0 Å². The van der Waals surface area contributed by atoms with Crippen molar-refractivity contribution in [2.45, 2.75) is 20.4 Å². The van der Waals surface area contributed by atoms with Gasteiger partial charge in [-0.05, 0) is 82.4 Å². The molecule has 1 heterocycles. The minimum absolute atomic E-state index is 0.255. The third-order valence-electron chi connectivity index (χ3n) is 5.30. The molecule has 0 N–H and O–H groups in total. The van der Waals surface area contributed by atoms with Crippen molar-refractivity contribution >= 4 is 52.1 Å². The average Bonchev–Trinajstić information content (AvgIpc) is 3.07. The van der Waals surface area contributed by atoms with E-state index in [0.717, 1.165) is 51.1 Å². The molecular formula is C28H23NO3S. The Morgan fingerprint density at radius 1 is 0.848 bits per heavy atom. The Morgan fingerprint density at radius 3 is 2.15 bits per heavy atom. The summed E-state index contributed by atoms with van der Waals surface area (Å²) >= 11 is 0.972. The number of allylic oxidation sites excluding steroid dienone is 3. The quantitative estimate of drug-likeness (QED) is 0.311. The van der Waals surface area contributed by atoms with Gasteiger partial charge in [0.2, 0.25) is 0 Å². The molecule has 4 rings (SSSR count). The molecule has 3 aromatic rings. The van der Waals surface area contributed by atoms with E-state index in [-0.39, 0.29) is 17.7 Å². The first kappa shape index (κ1) is 22.5. The maximum Gasteiger partial charge on any atom is 0.293 e. The minimum atomic E-state index is -0.268. The number of benzene rings is 3. The van der Waals surface area contributed by atoms with Gasteiger partial charge in [-0.25, -0.2) is 0 Å². The Labute approximate surface area is 197 Å². The van der Waals surface area contributed by atoms with E-state index in [1.807, 2.05) is 85.8 Å². The number of nitrogens with zero attached hydrogens (tertiary/aromatic N) is 1. The standard InChI is InChI=1S/C28H23NO3S/c1-19(13-21-7-9-22(10-8-21)14-20(2)18-30)15-26-27(31)29(28(32)33-26)17-23-11-12-24-5-3-4-6-25(24)16-23/h3-16,18H,17H2,1-2H3/b19-13+,20-14+,26-15-. The molecule has 0 bridgehead atoms. The molecule has 0 radical (unpaired) electrons. The van der Waals surface area contributed by atoms with Crippen molar-refractivity contribution < 1.29 is 14.4 Å². The van der Waals surface area contributed by atoms with Gasteiger partial charge in [0.1, 0.15) is 6.29 Å². The van der Waals surface area contributed by atoms with Crippen LogP contribution in [0.4, 0.5) is 4.79 Å². The molecule has 4 nitrogen and oxygen atoms in total. The first-order valence-corrected chi connectivity index (χ1v) is 11.4. The summed E-state index contributed by atoms with van der Waals surface area (Å²) in [6.07, 6.45) is 6.36. The van der Waals surface area contributed by atoms with E-state index in [0.29, 0.717) is 10.5 Å². The first-order valence-electron chi connectivity index (χ1n) is 10.6. The summed E-state index contributed by atoms with van der Waals surface area (Å²) in [6, 6.07) is 21.8. The Balaban J connectivity index is 1.48. The first-order chi connectivity index (χ1) is 15.9. The molecule has 5 heteroatoms. The van der Waals surface area contributed by atoms with E-state index in [2.05, 4.69) is 0 Å². The summed E-state index contributed by atoms with van der Waals surface area (Å²) < 4.78 is 0. The average molecular weight is 454 g/mol. The molecular weight excluding hydrogens is 430 g/mol. The molecule has 1 saturated heterocycles. The molecule has 1 fully saturated rings. The van der Waals surface area contributed by atoms with Gasteiger partial charge in [0, 0.05) is 0 Å². The van der Waals surface area contributed by atoms with E-state index in [9.17, 15) is 14.4 Å². The van der Waals surface area contributed by atoms with Gasteiger partial charge in [-0.1, -0.05) is 66.7 Å². The number of aldehydes is 1. The molecule has 1 aliphatic heterocycles. The lowest BCUT2D eigenvalue weighted by molar-refractivity contribution is -0.123. The van der Waals surface area contributed by atoms with Crippen LogP contribution in [0.2, 0.25) is 0 Å². The van der Waals surface area contributed by atoms with Crippen molar-refractivity contribution in [3.8, 4) is 0 Å². The van der Waals surface area contributed by atoms with E-state index >= 15 is 0 Å². The highest BCUT2D eigenvalue weighted by Crippen LogP contribution is 2.33. The number of carbonyl (C=O) groups is 3. The van der Waals surface area contributed by atoms with Crippen molar-refractivity contribution in [1.82, 2.24) is 4.90 Å². The largest absolute Gasteiger partial charge is 0.298 e. The van der Waals surface area contributed by atoms with Crippen molar-refractivity contribution in [2.75, 3.05) is 0 Å². The van der Waals surface area contributed by atoms with Crippen LogP contribution in [0.25, 0.3) is 22.9 Å². The second kappa shape index (κ2) is 9.84. The van der Waals surface area contributed by atoms with Gasteiger partial charge in [0.25, 0.3) is 11.1 Å². The van der Waals surface area contributed by atoms with Crippen LogP contribution in [0.15, 0.2) is 88.9 Å². The molecule has 1 aliphatic rings. The van der Waals surface area contributed by atoms with E-state index in [1.54, 1.807) is 13.0 Å². The van der Waals surface area contributed by atoms with E-state index in [1.165, 1.54) is 4.90 Å². The lowest BCUT2D eigenvalue weighted by Crippen LogP contribution is -2.27.